The van der Waals surface area contributed by atoms with E-state index in [0.717, 1.165) is 31.9 Å². The number of pyridine rings is 1. The van der Waals surface area contributed by atoms with Crippen molar-refractivity contribution in [2.24, 2.45) is 0 Å². The summed E-state index contributed by atoms with van der Waals surface area (Å²) in [5.41, 5.74) is 2.46. The summed E-state index contributed by atoms with van der Waals surface area (Å²) in [7, 11) is 0. The molecule has 152 valence electrons. The molecule has 6 aromatic rings. The van der Waals surface area contributed by atoms with Crippen LogP contribution in [0.15, 0.2) is 113 Å². The number of fused-ring (bicyclic) bond motifs is 6. The van der Waals surface area contributed by atoms with Crippen molar-refractivity contribution in [2.45, 2.75) is 0 Å². The van der Waals surface area contributed by atoms with E-state index in [4.69, 9.17) is 0 Å². The van der Waals surface area contributed by atoms with Crippen LogP contribution in [-0.4, -0.2) is 14.0 Å². The van der Waals surface area contributed by atoms with E-state index < -0.39 is 11.4 Å². The van der Waals surface area contributed by atoms with Crippen LogP contribution in [-0.2, 0) is 0 Å². The standard InChI is InChI=1S/C27H17N3O2/c31-26-28-25-23-15-5-4-13-21(23)22-14-6-7-16-24(22)30(25)27(32)29(26)20-12-8-11-19(17-20)18-9-2-1-3-10-18/h1-17H. The summed E-state index contributed by atoms with van der Waals surface area (Å²) in [5, 5.41) is 2.66. The van der Waals surface area contributed by atoms with E-state index in [1.165, 1.54) is 4.40 Å². The molecule has 5 heteroatoms. The molecule has 0 aliphatic heterocycles. The highest BCUT2D eigenvalue weighted by atomic mass is 16.2. The Morgan fingerprint density at radius 2 is 1.25 bits per heavy atom. The quantitative estimate of drug-likeness (QED) is 0.381. The molecule has 0 saturated heterocycles. The van der Waals surface area contributed by atoms with E-state index in [1.54, 1.807) is 6.07 Å². The molecule has 0 unspecified atom stereocenters. The van der Waals surface area contributed by atoms with Crippen LogP contribution in [0.25, 0.3) is 44.1 Å². The first-order valence-corrected chi connectivity index (χ1v) is 10.3. The molecule has 0 fully saturated rings. The third kappa shape index (κ3) is 2.68. The van der Waals surface area contributed by atoms with Crippen LogP contribution in [0.2, 0.25) is 0 Å². The normalized spacial score (nSPS) is 11.4. The molecule has 0 amide bonds. The molecule has 6 rings (SSSR count). The molecule has 5 nitrogen and oxygen atoms in total. The van der Waals surface area contributed by atoms with Crippen molar-refractivity contribution in [3.8, 4) is 16.8 Å². The molecular weight excluding hydrogens is 398 g/mol. The van der Waals surface area contributed by atoms with Crippen LogP contribution in [0.1, 0.15) is 0 Å². The SMILES string of the molecule is O=c1nc2c3ccccc3c3ccccc3n2c(=O)n1-c1cccc(-c2ccccc2)c1. The van der Waals surface area contributed by atoms with Crippen molar-refractivity contribution in [3.63, 3.8) is 0 Å². The van der Waals surface area contributed by atoms with Gasteiger partial charge in [-0.15, -0.1) is 0 Å². The van der Waals surface area contributed by atoms with Gasteiger partial charge in [0.1, 0.15) is 0 Å². The summed E-state index contributed by atoms with van der Waals surface area (Å²) in [4.78, 5) is 31.2. The van der Waals surface area contributed by atoms with Crippen LogP contribution in [0.3, 0.4) is 0 Å². The first-order valence-electron chi connectivity index (χ1n) is 10.3. The smallest absolute Gasteiger partial charge is 0.247 e. The van der Waals surface area contributed by atoms with Crippen molar-refractivity contribution in [1.29, 1.82) is 0 Å². The number of aromatic nitrogens is 3. The third-order valence-electron chi connectivity index (χ3n) is 5.80. The number of hydrogen-bond donors (Lipinski definition) is 0. The van der Waals surface area contributed by atoms with Gasteiger partial charge in [0.05, 0.1) is 11.2 Å². The molecule has 0 spiro atoms. The van der Waals surface area contributed by atoms with Crippen molar-refractivity contribution in [1.82, 2.24) is 14.0 Å². The largest absolute Gasteiger partial charge is 0.358 e. The monoisotopic (exact) mass is 415 g/mol. The Bertz CT molecular complexity index is 1770. The lowest BCUT2D eigenvalue weighted by molar-refractivity contribution is 0.810. The number of para-hydroxylation sites is 1. The molecule has 2 heterocycles. The third-order valence-corrected chi connectivity index (χ3v) is 5.80. The maximum absolute atomic E-state index is 13.7. The minimum atomic E-state index is -0.597. The second-order valence-corrected chi connectivity index (χ2v) is 7.65. The van der Waals surface area contributed by atoms with Crippen molar-refractivity contribution < 1.29 is 0 Å². The average Bonchev–Trinajstić information content (AvgIpc) is 2.85. The Labute approximate surface area is 182 Å². The van der Waals surface area contributed by atoms with Crippen LogP contribution >= 0.6 is 0 Å². The Morgan fingerprint density at radius 3 is 2.06 bits per heavy atom. The summed E-state index contributed by atoms with van der Waals surface area (Å²) in [5.74, 6) is 0. The lowest BCUT2D eigenvalue weighted by atomic mass is 10.1. The summed E-state index contributed by atoms with van der Waals surface area (Å²) in [6.45, 7) is 0. The van der Waals surface area contributed by atoms with Crippen LogP contribution in [0.4, 0.5) is 0 Å². The molecule has 0 aliphatic carbocycles. The van der Waals surface area contributed by atoms with Crippen LogP contribution in [0.5, 0.6) is 0 Å². The zero-order valence-corrected chi connectivity index (χ0v) is 17.0. The Balaban J connectivity index is 1.73. The summed E-state index contributed by atoms with van der Waals surface area (Å²) >= 11 is 0. The van der Waals surface area contributed by atoms with Gasteiger partial charge >= 0.3 is 11.4 Å². The zero-order valence-electron chi connectivity index (χ0n) is 17.0. The minimum absolute atomic E-state index is 0.366. The van der Waals surface area contributed by atoms with Gasteiger partial charge in [0, 0.05) is 10.8 Å². The highest BCUT2D eigenvalue weighted by molar-refractivity contribution is 6.11. The second-order valence-electron chi connectivity index (χ2n) is 7.65. The van der Waals surface area contributed by atoms with E-state index in [0.29, 0.717) is 16.9 Å². The van der Waals surface area contributed by atoms with Gasteiger partial charge in [-0.05, 0) is 34.7 Å². The van der Waals surface area contributed by atoms with Crippen LogP contribution < -0.4 is 11.4 Å². The lowest BCUT2D eigenvalue weighted by Crippen LogP contribution is -2.38. The van der Waals surface area contributed by atoms with Gasteiger partial charge in [-0.3, -0.25) is 0 Å². The minimum Gasteiger partial charge on any atom is -0.247 e. The van der Waals surface area contributed by atoms with Gasteiger partial charge in [0.2, 0.25) is 0 Å². The van der Waals surface area contributed by atoms with E-state index in [2.05, 4.69) is 4.98 Å². The van der Waals surface area contributed by atoms with Crippen molar-refractivity contribution >= 4 is 27.3 Å². The number of benzene rings is 4. The second kappa shape index (κ2) is 7.03. The van der Waals surface area contributed by atoms with Crippen LogP contribution in [0, 0.1) is 0 Å². The number of nitrogens with zero attached hydrogens (tertiary/aromatic N) is 3. The molecule has 32 heavy (non-hydrogen) atoms. The molecular formula is C27H17N3O2. The Kier molecular flexibility index (Phi) is 4.01. The summed E-state index contributed by atoms with van der Waals surface area (Å²) < 4.78 is 2.68. The molecule has 4 aromatic carbocycles. The topological polar surface area (TPSA) is 56.4 Å². The molecule has 0 atom stereocenters. The molecule has 0 bridgehead atoms. The van der Waals surface area contributed by atoms with Crippen molar-refractivity contribution in [3.05, 3.63) is 124 Å². The zero-order chi connectivity index (χ0) is 21.7. The van der Waals surface area contributed by atoms with Gasteiger partial charge in [0.25, 0.3) is 0 Å². The number of hydrogen-bond acceptors (Lipinski definition) is 3. The maximum atomic E-state index is 13.7. The van der Waals surface area contributed by atoms with Gasteiger partial charge < -0.3 is 0 Å². The fourth-order valence-corrected chi connectivity index (χ4v) is 4.35. The molecule has 2 aromatic heterocycles. The summed E-state index contributed by atoms with van der Waals surface area (Å²) in [6.07, 6.45) is 0. The van der Waals surface area contributed by atoms with Crippen molar-refractivity contribution in [2.75, 3.05) is 0 Å². The molecule has 0 aliphatic rings. The highest BCUT2D eigenvalue weighted by Crippen LogP contribution is 2.27. The molecule has 0 saturated carbocycles. The van der Waals surface area contributed by atoms with Gasteiger partial charge in [-0.1, -0.05) is 84.9 Å². The first kappa shape index (κ1) is 18.3. The predicted octanol–water partition coefficient (Wildman–Crippen LogP) is 4.82. The Hall–Kier alpha value is -4.51. The average molecular weight is 415 g/mol. The molecule has 0 radical (unpaired) electrons. The van der Waals surface area contributed by atoms with Gasteiger partial charge in [0.15, 0.2) is 5.65 Å². The fraction of sp³-hybridized carbons (Fsp3) is 0. The predicted molar refractivity (Wildman–Crippen MR) is 128 cm³/mol. The first-order chi connectivity index (χ1) is 15.7. The summed E-state index contributed by atoms with van der Waals surface area (Å²) in [6, 6.07) is 32.6. The highest BCUT2D eigenvalue weighted by Gasteiger charge is 2.16. The number of rotatable bonds is 2. The lowest BCUT2D eigenvalue weighted by Gasteiger charge is -2.13. The van der Waals surface area contributed by atoms with Gasteiger partial charge in [-0.2, -0.15) is 4.98 Å². The van der Waals surface area contributed by atoms with E-state index in [9.17, 15) is 9.59 Å². The molecule has 0 N–H and O–H groups in total. The van der Waals surface area contributed by atoms with Gasteiger partial charge in [-0.25, -0.2) is 18.6 Å². The van der Waals surface area contributed by atoms with E-state index in [-0.39, 0.29) is 0 Å². The maximum Gasteiger partial charge on any atom is 0.358 e. The van der Waals surface area contributed by atoms with E-state index >= 15 is 0 Å². The Morgan fingerprint density at radius 1 is 0.594 bits per heavy atom. The van der Waals surface area contributed by atoms with E-state index in [1.807, 2.05) is 97.1 Å². The fourth-order valence-electron chi connectivity index (χ4n) is 4.35.